The van der Waals surface area contributed by atoms with Gasteiger partial charge < -0.3 is 10.2 Å². The van der Waals surface area contributed by atoms with Crippen LogP contribution in [-0.2, 0) is 0 Å². The molecule has 21 heavy (non-hydrogen) atoms. The molecule has 0 aromatic carbocycles. The molecule has 0 spiro atoms. The molecule has 1 fully saturated rings. The van der Waals surface area contributed by atoms with Crippen LogP contribution in [0.1, 0.15) is 38.2 Å². The van der Waals surface area contributed by atoms with Gasteiger partial charge in [-0.05, 0) is 50.4 Å². The van der Waals surface area contributed by atoms with E-state index in [1.54, 1.807) is 0 Å². The molecule has 2 aromatic heterocycles. The van der Waals surface area contributed by atoms with Crippen LogP contribution in [-0.4, -0.2) is 40.3 Å². The number of fused-ring (bicyclic) bond motifs is 1. The van der Waals surface area contributed by atoms with Crippen LogP contribution in [0.3, 0.4) is 0 Å². The second-order valence-corrected chi connectivity index (χ2v) is 6.01. The predicted molar refractivity (Wildman–Crippen MR) is 85.9 cm³/mol. The Morgan fingerprint density at radius 2 is 2.33 bits per heavy atom. The number of aryl methyl sites for hydroxylation is 1. The summed E-state index contributed by atoms with van der Waals surface area (Å²) >= 11 is 0. The highest BCUT2D eigenvalue weighted by Crippen LogP contribution is 2.15. The van der Waals surface area contributed by atoms with E-state index in [1.807, 2.05) is 10.7 Å². The molecule has 0 radical (unpaired) electrons. The summed E-state index contributed by atoms with van der Waals surface area (Å²) in [5, 5.41) is 8.26. The number of aromatic nitrogens is 3. The van der Waals surface area contributed by atoms with Crippen molar-refractivity contribution < 1.29 is 0 Å². The quantitative estimate of drug-likeness (QED) is 0.917. The van der Waals surface area contributed by atoms with Crippen molar-refractivity contribution in [3.05, 3.63) is 23.9 Å². The molecule has 0 saturated carbocycles. The van der Waals surface area contributed by atoms with Gasteiger partial charge in [0.25, 0.3) is 0 Å². The Bertz CT molecular complexity index is 585. The third-order valence-corrected chi connectivity index (χ3v) is 4.11. The standard InChI is InChI=1S/C16H25N5/c1-3-9-20(12-14-6-4-5-8-17-14)16-18-15-11-13(2)7-10-21(15)19-16/h7,10-11,14,17H,3-6,8-9,12H2,1-2H3. The van der Waals surface area contributed by atoms with Gasteiger partial charge in [0.15, 0.2) is 5.65 Å². The number of nitrogens with one attached hydrogen (secondary N) is 1. The number of piperidine rings is 1. The fraction of sp³-hybridized carbons (Fsp3) is 0.625. The van der Waals surface area contributed by atoms with Crippen molar-refractivity contribution in [2.45, 2.75) is 45.6 Å². The van der Waals surface area contributed by atoms with E-state index in [9.17, 15) is 0 Å². The number of hydrogen-bond donors (Lipinski definition) is 1. The van der Waals surface area contributed by atoms with Crippen LogP contribution in [0.4, 0.5) is 5.95 Å². The fourth-order valence-electron chi connectivity index (χ4n) is 2.99. The van der Waals surface area contributed by atoms with Crippen molar-refractivity contribution in [2.75, 3.05) is 24.5 Å². The molecule has 1 aliphatic rings. The maximum atomic E-state index is 4.71. The van der Waals surface area contributed by atoms with Gasteiger partial charge in [0.1, 0.15) is 0 Å². The minimum Gasteiger partial charge on any atom is -0.338 e. The van der Waals surface area contributed by atoms with Gasteiger partial charge >= 0.3 is 0 Å². The minimum absolute atomic E-state index is 0.568. The Hall–Kier alpha value is -1.62. The van der Waals surface area contributed by atoms with Crippen LogP contribution in [0.25, 0.3) is 5.65 Å². The zero-order valence-corrected chi connectivity index (χ0v) is 13.0. The maximum Gasteiger partial charge on any atom is 0.245 e. The van der Waals surface area contributed by atoms with E-state index in [1.165, 1.54) is 24.8 Å². The molecule has 1 atom stereocenters. The molecule has 1 aliphatic heterocycles. The topological polar surface area (TPSA) is 45.5 Å². The van der Waals surface area contributed by atoms with E-state index < -0.39 is 0 Å². The fourth-order valence-corrected chi connectivity index (χ4v) is 2.99. The number of nitrogens with zero attached hydrogens (tertiary/aromatic N) is 4. The normalized spacial score (nSPS) is 19.0. The lowest BCUT2D eigenvalue weighted by molar-refractivity contribution is 0.397. The first-order valence-electron chi connectivity index (χ1n) is 8.07. The first kappa shape index (κ1) is 14.3. The highest BCUT2D eigenvalue weighted by Gasteiger charge is 2.19. The van der Waals surface area contributed by atoms with Crippen molar-refractivity contribution in [1.82, 2.24) is 19.9 Å². The molecule has 2 aromatic rings. The summed E-state index contributed by atoms with van der Waals surface area (Å²) < 4.78 is 1.87. The molecule has 0 aliphatic carbocycles. The van der Waals surface area contributed by atoms with Crippen molar-refractivity contribution in [3.8, 4) is 0 Å². The first-order chi connectivity index (χ1) is 10.3. The Labute approximate surface area is 126 Å². The molecular formula is C16H25N5. The highest BCUT2D eigenvalue weighted by atomic mass is 15.4. The highest BCUT2D eigenvalue weighted by molar-refractivity contribution is 5.46. The Morgan fingerprint density at radius 3 is 3.10 bits per heavy atom. The predicted octanol–water partition coefficient (Wildman–Crippen LogP) is 2.40. The van der Waals surface area contributed by atoms with Crippen molar-refractivity contribution in [3.63, 3.8) is 0 Å². The number of hydrogen-bond acceptors (Lipinski definition) is 4. The van der Waals surface area contributed by atoms with E-state index >= 15 is 0 Å². The van der Waals surface area contributed by atoms with E-state index in [2.05, 4.69) is 41.3 Å². The smallest absolute Gasteiger partial charge is 0.245 e. The number of rotatable bonds is 5. The Kier molecular flexibility index (Phi) is 4.39. The molecule has 3 heterocycles. The van der Waals surface area contributed by atoms with Gasteiger partial charge in [-0.15, -0.1) is 5.10 Å². The van der Waals surface area contributed by atoms with Gasteiger partial charge in [-0.1, -0.05) is 13.3 Å². The maximum absolute atomic E-state index is 4.71. The van der Waals surface area contributed by atoms with E-state index in [0.29, 0.717) is 6.04 Å². The van der Waals surface area contributed by atoms with Crippen LogP contribution in [0.15, 0.2) is 18.3 Å². The first-order valence-corrected chi connectivity index (χ1v) is 8.07. The Morgan fingerprint density at radius 1 is 1.43 bits per heavy atom. The average molecular weight is 287 g/mol. The van der Waals surface area contributed by atoms with E-state index in [0.717, 1.165) is 37.7 Å². The van der Waals surface area contributed by atoms with Crippen LogP contribution in [0.2, 0.25) is 0 Å². The largest absolute Gasteiger partial charge is 0.338 e. The summed E-state index contributed by atoms with van der Waals surface area (Å²) in [5.74, 6) is 0.856. The monoisotopic (exact) mass is 287 g/mol. The van der Waals surface area contributed by atoms with Crippen LogP contribution < -0.4 is 10.2 Å². The van der Waals surface area contributed by atoms with Crippen molar-refractivity contribution >= 4 is 11.6 Å². The summed E-state index contributed by atoms with van der Waals surface area (Å²) in [6, 6.07) is 4.72. The summed E-state index contributed by atoms with van der Waals surface area (Å²) in [6.07, 6.45) is 6.99. The number of pyridine rings is 1. The van der Waals surface area contributed by atoms with Crippen LogP contribution >= 0.6 is 0 Å². The van der Waals surface area contributed by atoms with Gasteiger partial charge in [-0.2, -0.15) is 4.98 Å². The lowest BCUT2D eigenvalue weighted by Crippen LogP contribution is -2.44. The Balaban J connectivity index is 1.80. The molecule has 3 rings (SSSR count). The summed E-state index contributed by atoms with van der Waals surface area (Å²) in [6.45, 7) is 7.45. The van der Waals surface area contributed by atoms with Gasteiger partial charge in [0, 0.05) is 25.3 Å². The molecule has 5 nitrogen and oxygen atoms in total. The third kappa shape index (κ3) is 3.35. The molecule has 114 valence electrons. The third-order valence-electron chi connectivity index (χ3n) is 4.11. The van der Waals surface area contributed by atoms with Gasteiger partial charge in [-0.25, -0.2) is 4.52 Å². The molecular weight excluding hydrogens is 262 g/mol. The van der Waals surface area contributed by atoms with Crippen LogP contribution in [0.5, 0.6) is 0 Å². The average Bonchev–Trinajstić information content (AvgIpc) is 2.91. The zero-order chi connectivity index (χ0) is 14.7. The molecule has 0 bridgehead atoms. The van der Waals surface area contributed by atoms with Gasteiger partial charge in [0.2, 0.25) is 5.95 Å². The molecule has 0 amide bonds. The summed E-state index contributed by atoms with van der Waals surface area (Å²) in [4.78, 5) is 7.03. The molecule has 1 unspecified atom stereocenters. The summed E-state index contributed by atoms with van der Waals surface area (Å²) in [7, 11) is 0. The second kappa shape index (κ2) is 6.43. The summed E-state index contributed by atoms with van der Waals surface area (Å²) in [5.41, 5.74) is 2.15. The van der Waals surface area contributed by atoms with E-state index in [-0.39, 0.29) is 0 Å². The van der Waals surface area contributed by atoms with Crippen molar-refractivity contribution in [1.29, 1.82) is 0 Å². The molecule has 1 N–H and O–H groups in total. The van der Waals surface area contributed by atoms with Crippen molar-refractivity contribution in [2.24, 2.45) is 0 Å². The molecule has 1 saturated heterocycles. The zero-order valence-electron chi connectivity index (χ0n) is 13.0. The SMILES string of the molecule is CCCN(CC1CCCCN1)c1nc2cc(C)ccn2n1. The van der Waals surface area contributed by atoms with Crippen LogP contribution in [0, 0.1) is 6.92 Å². The number of anilines is 1. The van der Waals surface area contributed by atoms with Gasteiger partial charge in [0.05, 0.1) is 0 Å². The lowest BCUT2D eigenvalue weighted by Gasteiger charge is -2.29. The second-order valence-electron chi connectivity index (χ2n) is 6.01. The van der Waals surface area contributed by atoms with E-state index in [4.69, 9.17) is 4.98 Å². The lowest BCUT2D eigenvalue weighted by atomic mass is 10.0. The minimum atomic E-state index is 0.568. The molecule has 5 heteroatoms. The van der Waals surface area contributed by atoms with Gasteiger partial charge in [-0.3, -0.25) is 0 Å².